The quantitative estimate of drug-likeness (QED) is 0.872. The Morgan fingerprint density at radius 3 is 2.45 bits per heavy atom. The molecule has 0 radical (unpaired) electrons. The summed E-state index contributed by atoms with van der Waals surface area (Å²) in [6.07, 6.45) is 0. The van der Waals surface area contributed by atoms with Crippen LogP contribution in [0.5, 0.6) is 11.5 Å². The second-order valence-electron chi connectivity index (χ2n) is 5.89. The summed E-state index contributed by atoms with van der Waals surface area (Å²) in [4.78, 5) is 14.6. The highest BCUT2D eigenvalue weighted by Crippen LogP contribution is 2.37. The minimum Gasteiger partial charge on any atom is -0.454 e. The van der Waals surface area contributed by atoms with E-state index < -0.39 is 5.41 Å². The first-order chi connectivity index (χ1) is 10.5. The van der Waals surface area contributed by atoms with E-state index in [0.29, 0.717) is 5.75 Å². The van der Waals surface area contributed by atoms with Gasteiger partial charge in [-0.25, -0.2) is 0 Å². The second-order valence-corrected chi connectivity index (χ2v) is 5.89. The fourth-order valence-corrected chi connectivity index (χ4v) is 2.60. The van der Waals surface area contributed by atoms with E-state index in [1.54, 1.807) is 11.9 Å². The van der Waals surface area contributed by atoms with Gasteiger partial charge in [0.1, 0.15) is 0 Å². The summed E-state index contributed by atoms with van der Waals surface area (Å²) in [6.45, 7) is 4.08. The van der Waals surface area contributed by atoms with Gasteiger partial charge in [-0.15, -0.1) is 0 Å². The van der Waals surface area contributed by atoms with Crippen LogP contribution in [0, 0.1) is 0 Å². The van der Waals surface area contributed by atoms with Gasteiger partial charge in [0.25, 0.3) is 0 Å². The number of rotatable bonds is 3. The molecule has 0 saturated carbocycles. The van der Waals surface area contributed by atoms with Crippen molar-refractivity contribution in [3.63, 3.8) is 0 Å². The molecule has 114 valence electrons. The van der Waals surface area contributed by atoms with E-state index in [9.17, 15) is 4.79 Å². The van der Waals surface area contributed by atoms with E-state index in [-0.39, 0.29) is 12.7 Å². The molecule has 4 heteroatoms. The van der Waals surface area contributed by atoms with Crippen molar-refractivity contribution < 1.29 is 14.3 Å². The normalized spacial score (nSPS) is 13.0. The van der Waals surface area contributed by atoms with Gasteiger partial charge >= 0.3 is 0 Å². The van der Waals surface area contributed by atoms with Crippen molar-refractivity contribution >= 4 is 11.6 Å². The number of fused-ring (bicyclic) bond motifs is 1. The predicted molar refractivity (Wildman–Crippen MR) is 85.4 cm³/mol. The molecule has 0 atom stereocenters. The average Bonchev–Trinajstić information content (AvgIpc) is 3.01. The predicted octanol–water partition coefficient (Wildman–Crippen LogP) is 3.36. The van der Waals surface area contributed by atoms with E-state index in [2.05, 4.69) is 0 Å². The zero-order valence-electron chi connectivity index (χ0n) is 13.0. The topological polar surface area (TPSA) is 38.8 Å². The second kappa shape index (κ2) is 5.37. The number of carbonyl (C=O) groups excluding carboxylic acids is 1. The molecule has 0 saturated heterocycles. The molecule has 0 aliphatic carbocycles. The number of hydrogen-bond donors (Lipinski definition) is 0. The van der Waals surface area contributed by atoms with E-state index in [1.165, 1.54) is 0 Å². The number of benzene rings is 2. The Kier molecular flexibility index (Phi) is 3.53. The summed E-state index contributed by atoms with van der Waals surface area (Å²) >= 11 is 0. The van der Waals surface area contributed by atoms with E-state index in [4.69, 9.17) is 9.47 Å². The van der Waals surface area contributed by atoms with E-state index >= 15 is 0 Å². The highest BCUT2D eigenvalue weighted by molar-refractivity contribution is 6.00. The van der Waals surface area contributed by atoms with Crippen LogP contribution in [-0.2, 0) is 10.2 Å². The van der Waals surface area contributed by atoms with Crippen molar-refractivity contribution in [1.29, 1.82) is 0 Å². The van der Waals surface area contributed by atoms with Crippen molar-refractivity contribution in [2.24, 2.45) is 0 Å². The van der Waals surface area contributed by atoms with Crippen LogP contribution in [0.1, 0.15) is 19.4 Å². The number of anilines is 1. The smallest absolute Gasteiger partial charge is 0.236 e. The molecule has 1 amide bonds. The van der Waals surface area contributed by atoms with Crippen molar-refractivity contribution in [3.8, 4) is 11.5 Å². The van der Waals surface area contributed by atoms with E-state index in [0.717, 1.165) is 17.0 Å². The molecule has 4 nitrogen and oxygen atoms in total. The SMILES string of the molecule is CN(C(=O)C(C)(C)c1ccc2c(c1)OCO2)c1ccccc1. The number of ether oxygens (including phenoxy) is 2. The highest BCUT2D eigenvalue weighted by atomic mass is 16.7. The van der Waals surface area contributed by atoms with Gasteiger partial charge in [-0.2, -0.15) is 0 Å². The van der Waals surface area contributed by atoms with Crippen molar-refractivity contribution in [2.75, 3.05) is 18.7 Å². The number of carbonyl (C=O) groups is 1. The van der Waals surface area contributed by atoms with Crippen LogP contribution in [0.4, 0.5) is 5.69 Å². The van der Waals surface area contributed by atoms with Gasteiger partial charge in [-0.3, -0.25) is 4.79 Å². The number of para-hydroxylation sites is 1. The molecule has 1 aliphatic rings. The number of amides is 1. The average molecular weight is 297 g/mol. The molecule has 0 spiro atoms. The molecule has 1 heterocycles. The van der Waals surface area contributed by atoms with Crippen LogP contribution in [-0.4, -0.2) is 19.7 Å². The van der Waals surface area contributed by atoms with Crippen LogP contribution in [0.2, 0.25) is 0 Å². The molecule has 2 aromatic rings. The summed E-state index contributed by atoms with van der Waals surface area (Å²) in [7, 11) is 1.80. The molecule has 2 aromatic carbocycles. The molecule has 0 bridgehead atoms. The largest absolute Gasteiger partial charge is 0.454 e. The summed E-state index contributed by atoms with van der Waals surface area (Å²) in [5.41, 5.74) is 1.12. The third kappa shape index (κ3) is 2.41. The molecule has 0 unspecified atom stereocenters. The third-order valence-corrected chi connectivity index (χ3v) is 4.08. The maximum atomic E-state index is 12.9. The fourth-order valence-electron chi connectivity index (χ4n) is 2.60. The molecule has 3 rings (SSSR count). The minimum absolute atomic E-state index is 0.0255. The Hall–Kier alpha value is -2.49. The maximum Gasteiger partial charge on any atom is 0.236 e. The molecule has 1 aliphatic heterocycles. The van der Waals surface area contributed by atoms with Gasteiger partial charge in [-0.1, -0.05) is 24.3 Å². The summed E-state index contributed by atoms with van der Waals surface area (Å²) in [5.74, 6) is 1.45. The monoisotopic (exact) mass is 297 g/mol. The Bertz CT molecular complexity index is 695. The first-order valence-corrected chi connectivity index (χ1v) is 7.23. The lowest BCUT2D eigenvalue weighted by Crippen LogP contribution is -2.41. The maximum absolute atomic E-state index is 12.9. The van der Waals surface area contributed by atoms with Crippen molar-refractivity contribution in [3.05, 3.63) is 54.1 Å². The van der Waals surface area contributed by atoms with Crippen LogP contribution in [0.3, 0.4) is 0 Å². The number of likely N-dealkylation sites (N-methyl/N-ethyl adjacent to an activating group) is 1. The zero-order valence-corrected chi connectivity index (χ0v) is 13.0. The zero-order chi connectivity index (χ0) is 15.7. The Balaban J connectivity index is 1.90. The number of nitrogens with zero attached hydrogens (tertiary/aromatic N) is 1. The lowest BCUT2D eigenvalue weighted by Gasteiger charge is -2.30. The first kappa shape index (κ1) is 14.4. The summed E-state index contributed by atoms with van der Waals surface area (Å²) in [5, 5.41) is 0. The molecule has 22 heavy (non-hydrogen) atoms. The Morgan fingerprint density at radius 2 is 1.73 bits per heavy atom. The van der Waals surface area contributed by atoms with Gasteiger partial charge in [0.15, 0.2) is 11.5 Å². The summed E-state index contributed by atoms with van der Waals surface area (Å²) < 4.78 is 10.7. The first-order valence-electron chi connectivity index (χ1n) is 7.23. The number of hydrogen-bond acceptors (Lipinski definition) is 3. The summed E-state index contributed by atoms with van der Waals surface area (Å²) in [6, 6.07) is 15.3. The van der Waals surface area contributed by atoms with Crippen LogP contribution < -0.4 is 14.4 Å². The van der Waals surface area contributed by atoms with Crippen LogP contribution in [0.15, 0.2) is 48.5 Å². The Labute approximate surface area is 130 Å². The standard InChI is InChI=1S/C18H19NO3/c1-18(2,13-9-10-15-16(11-13)22-12-21-15)17(20)19(3)14-7-5-4-6-8-14/h4-11H,12H2,1-3H3. The van der Waals surface area contributed by atoms with Gasteiger partial charge in [0.05, 0.1) is 5.41 Å². The van der Waals surface area contributed by atoms with Gasteiger partial charge in [0, 0.05) is 12.7 Å². The minimum atomic E-state index is -0.661. The van der Waals surface area contributed by atoms with Crippen LogP contribution in [0.25, 0.3) is 0 Å². The van der Waals surface area contributed by atoms with Crippen LogP contribution >= 0.6 is 0 Å². The fraction of sp³-hybridized carbons (Fsp3) is 0.278. The lowest BCUT2D eigenvalue weighted by atomic mass is 9.83. The third-order valence-electron chi connectivity index (χ3n) is 4.08. The Morgan fingerprint density at radius 1 is 1.05 bits per heavy atom. The molecule has 0 fully saturated rings. The molecule has 0 aromatic heterocycles. The van der Waals surface area contributed by atoms with Crippen molar-refractivity contribution in [2.45, 2.75) is 19.3 Å². The van der Waals surface area contributed by atoms with E-state index in [1.807, 2.05) is 62.4 Å². The van der Waals surface area contributed by atoms with Crippen molar-refractivity contribution in [1.82, 2.24) is 0 Å². The molecular formula is C18H19NO3. The van der Waals surface area contributed by atoms with Gasteiger partial charge in [0.2, 0.25) is 12.7 Å². The van der Waals surface area contributed by atoms with Gasteiger partial charge in [-0.05, 0) is 43.7 Å². The lowest BCUT2D eigenvalue weighted by molar-refractivity contribution is -0.122. The molecule has 0 N–H and O–H groups in total. The van der Waals surface area contributed by atoms with Gasteiger partial charge < -0.3 is 14.4 Å². The highest BCUT2D eigenvalue weighted by Gasteiger charge is 2.34. The molecular weight excluding hydrogens is 278 g/mol.